The summed E-state index contributed by atoms with van der Waals surface area (Å²) in [6.07, 6.45) is 6.47. The number of carbonyl (C=O) groups excluding carboxylic acids is 1. The van der Waals surface area contributed by atoms with E-state index in [9.17, 15) is 4.79 Å². The second-order valence-electron chi connectivity index (χ2n) is 5.06. The van der Waals surface area contributed by atoms with Gasteiger partial charge in [-0.3, -0.25) is 14.8 Å². The molecular weight excluding hydrogens is 274 g/mol. The second kappa shape index (κ2) is 5.75. The monoisotopic (exact) mass is 289 g/mol. The number of halogens is 1. The summed E-state index contributed by atoms with van der Waals surface area (Å²) in [5.41, 5.74) is 2.21. The third kappa shape index (κ3) is 2.48. The molecule has 1 aliphatic heterocycles. The third-order valence-corrected chi connectivity index (χ3v) is 4.14. The summed E-state index contributed by atoms with van der Waals surface area (Å²) < 4.78 is 0. The minimum Gasteiger partial charge on any atom is -0.334 e. The van der Waals surface area contributed by atoms with E-state index in [4.69, 9.17) is 11.6 Å². The maximum Gasteiger partial charge on any atom is 0.254 e. The van der Waals surface area contributed by atoms with Crippen LogP contribution in [0, 0.1) is 0 Å². The molecule has 5 heteroatoms. The van der Waals surface area contributed by atoms with Gasteiger partial charge in [0.05, 0.1) is 11.0 Å². The van der Waals surface area contributed by atoms with Crippen molar-refractivity contribution in [2.24, 2.45) is 0 Å². The first-order valence-corrected chi connectivity index (χ1v) is 7.41. The van der Waals surface area contributed by atoms with Crippen LogP contribution >= 0.6 is 11.6 Å². The van der Waals surface area contributed by atoms with Gasteiger partial charge in [0.25, 0.3) is 5.91 Å². The predicted molar refractivity (Wildman–Crippen MR) is 78.9 cm³/mol. The van der Waals surface area contributed by atoms with Crippen molar-refractivity contribution in [3.8, 4) is 0 Å². The number of hydrogen-bond donors (Lipinski definition) is 0. The molecule has 0 radical (unpaired) electrons. The number of nitrogens with zero attached hydrogens (tertiary/aromatic N) is 3. The summed E-state index contributed by atoms with van der Waals surface area (Å²) >= 11 is 5.99. The zero-order valence-electron chi connectivity index (χ0n) is 11.1. The van der Waals surface area contributed by atoms with E-state index in [1.165, 1.54) is 0 Å². The van der Waals surface area contributed by atoms with Gasteiger partial charge >= 0.3 is 0 Å². The molecule has 0 saturated carbocycles. The SMILES string of the molecule is O=C(c1ccc2nccnc2c1)N1CCCCC1CCl. The van der Waals surface area contributed by atoms with Crippen molar-refractivity contribution in [3.63, 3.8) is 0 Å². The lowest BCUT2D eigenvalue weighted by Crippen LogP contribution is -2.44. The highest BCUT2D eigenvalue weighted by atomic mass is 35.5. The molecule has 4 nitrogen and oxygen atoms in total. The Morgan fingerprint density at radius 3 is 2.85 bits per heavy atom. The Hall–Kier alpha value is -1.68. The van der Waals surface area contributed by atoms with Gasteiger partial charge in [0.2, 0.25) is 0 Å². The van der Waals surface area contributed by atoms with Crippen LogP contribution in [0.2, 0.25) is 0 Å². The average molecular weight is 290 g/mol. The summed E-state index contributed by atoms with van der Waals surface area (Å²) in [6.45, 7) is 0.786. The third-order valence-electron chi connectivity index (χ3n) is 3.78. The lowest BCUT2D eigenvalue weighted by atomic mass is 10.0. The first kappa shape index (κ1) is 13.3. The van der Waals surface area contributed by atoms with E-state index in [1.807, 2.05) is 23.1 Å². The summed E-state index contributed by atoms with van der Waals surface area (Å²) in [6, 6.07) is 5.62. The van der Waals surface area contributed by atoms with Crippen LogP contribution in [0.25, 0.3) is 11.0 Å². The van der Waals surface area contributed by atoms with E-state index in [2.05, 4.69) is 9.97 Å². The van der Waals surface area contributed by atoms with E-state index < -0.39 is 0 Å². The molecule has 0 N–H and O–H groups in total. The Kier molecular flexibility index (Phi) is 3.83. The topological polar surface area (TPSA) is 46.1 Å². The van der Waals surface area contributed by atoms with Crippen LogP contribution < -0.4 is 0 Å². The van der Waals surface area contributed by atoms with Crippen LogP contribution in [0.15, 0.2) is 30.6 Å². The first-order chi connectivity index (χ1) is 9.79. The molecule has 0 bridgehead atoms. The smallest absolute Gasteiger partial charge is 0.254 e. The zero-order chi connectivity index (χ0) is 13.9. The Balaban J connectivity index is 1.91. The van der Waals surface area contributed by atoms with Crippen molar-refractivity contribution in [1.82, 2.24) is 14.9 Å². The van der Waals surface area contributed by atoms with Crippen LogP contribution in [0.1, 0.15) is 29.6 Å². The van der Waals surface area contributed by atoms with Gasteiger partial charge in [-0.2, -0.15) is 0 Å². The summed E-state index contributed by atoms with van der Waals surface area (Å²) in [5, 5.41) is 0. The minimum atomic E-state index is 0.0444. The molecule has 1 aromatic carbocycles. The van der Waals surface area contributed by atoms with Crippen molar-refractivity contribution in [2.45, 2.75) is 25.3 Å². The number of likely N-dealkylation sites (tertiary alicyclic amines) is 1. The average Bonchev–Trinajstić information content (AvgIpc) is 2.53. The fourth-order valence-corrected chi connectivity index (χ4v) is 3.01. The van der Waals surface area contributed by atoms with E-state index in [0.29, 0.717) is 11.4 Å². The molecule has 1 amide bonds. The second-order valence-corrected chi connectivity index (χ2v) is 5.37. The van der Waals surface area contributed by atoms with E-state index in [-0.39, 0.29) is 11.9 Å². The Labute approximate surface area is 122 Å². The highest BCUT2D eigenvalue weighted by molar-refractivity contribution is 6.18. The van der Waals surface area contributed by atoms with Gasteiger partial charge in [0, 0.05) is 36.4 Å². The molecule has 2 heterocycles. The molecule has 20 heavy (non-hydrogen) atoms. The van der Waals surface area contributed by atoms with Gasteiger partial charge in [-0.15, -0.1) is 11.6 Å². The fraction of sp³-hybridized carbons (Fsp3) is 0.400. The molecule has 1 saturated heterocycles. The van der Waals surface area contributed by atoms with Crippen LogP contribution in [0.5, 0.6) is 0 Å². The number of fused-ring (bicyclic) bond motifs is 1. The van der Waals surface area contributed by atoms with Crippen LogP contribution in [-0.2, 0) is 0 Å². The number of hydrogen-bond acceptors (Lipinski definition) is 3. The maximum absolute atomic E-state index is 12.6. The Bertz CT molecular complexity index is 631. The largest absolute Gasteiger partial charge is 0.334 e. The summed E-state index contributed by atoms with van der Waals surface area (Å²) in [7, 11) is 0. The van der Waals surface area contributed by atoms with Crippen LogP contribution in [0.3, 0.4) is 0 Å². The van der Waals surface area contributed by atoms with Crippen molar-refractivity contribution >= 4 is 28.5 Å². The molecule has 104 valence electrons. The minimum absolute atomic E-state index is 0.0444. The maximum atomic E-state index is 12.6. The molecule has 1 aromatic heterocycles. The van der Waals surface area contributed by atoms with Gasteiger partial charge in [0.15, 0.2) is 0 Å². The van der Waals surface area contributed by atoms with Crippen LogP contribution in [0.4, 0.5) is 0 Å². The molecule has 2 aromatic rings. The molecule has 0 aliphatic carbocycles. The molecular formula is C15H16ClN3O. The van der Waals surface area contributed by atoms with Gasteiger partial charge < -0.3 is 4.90 Å². The molecule has 1 aliphatic rings. The number of rotatable bonds is 2. The standard InChI is InChI=1S/C15H16ClN3O/c16-10-12-3-1-2-8-19(12)15(20)11-4-5-13-14(9-11)18-7-6-17-13/h4-7,9,12H,1-3,8,10H2. The molecule has 0 spiro atoms. The van der Waals surface area contributed by atoms with E-state index >= 15 is 0 Å². The number of piperidine rings is 1. The molecule has 1 unspecified atom stereocenters. The van der Waals surface area contributed by atoms with Gasteiger partial charge in [-0.05, 0) is 37.5 Å². The normalized spacial score (nSPS) is 19.2. The number of carbonyl (C=O) groups is 1. The number of aromatic nitrogens is 2. The van der Waals surface area contributed by atoms with E-state index in [0.717, 1.165) is 36.8 Å². The predicted octanol–water partition coefficient (Wildman–Crippen LogP) is 2.86. The van der Waals surface area contributed by atoms with Gasteiger partial charge in [0.1, 0.15) is 0 Å². The zero-order valence-corrected chi connectivity index (χ0v) is 11.9. The van der Waals surface area contributed by atoms with Crippen molar-refractivity contribution < 1.29 is 4.79 Å². The quantitative estimate of drug-likeness (QED) is 0.799. The fourth-order valence-electron chi connectivity index (χ4n) is 2.69. The number of alkyl halides is 1. The molecule has 1 atom stereocenters. The molecule has 3 rings (SSSR count). The van der Waals surface area contributed by atoms with Gasteiger partial charge in [-0.1, -0.05) is 0 Å². The number of amides is 1. The Morgan fingerprint density at radius 1 is 1.25 bits per heavy atom. The van der Waals surface area contributed by atoms with Crippen LogP contribution in [-0.4, -0.2) is 39.2 Å². The van der Waals surface area contributed by atoms with E-state index in [1.54, 1.807) is 12.4 Å². The van der Waals surface area contributed by atoms with Crippen molar-refractivity contribution in [3.05, 3.63) is 36.2 Å². The summed E-state index contributed by atoms with van der Waals surface area (Å²) in [4.78, 5) is 23.0. The van der Waals surface area contributed by atoms with Gasteiger partial charge in [-0.25, -0.2) is 0 Å². The highest BCUT2D eigenvalue weighted by Crippen LogP contribution is 2.21. The lowest BCUT2D eigenvalue weighted by molar-refractivity contribution is 0.0639. The lowest BCUT2D eigenvalue weighted by Gasteiger charge is -2.34. The Morgan fingerprint density at radius 2 is 2.05 bits per heavy atom. The van der Waals surface area contributed by atoms with Crippen molar-refractivity contribution in [2.75, 3.05) is 12.4 Å². The number of benzene rings is 1. The highest BCUT2D eigenvalue weighted by Gasteiger charge is 2.26. The van der Waals surface area contributed by atoms with Crippen molar-refractivity contribution in [1.29, 1.82) is 0 Å². The molecule has 1 fully saturated rings. The first-order valence-electron chi connectivity index (χ1n) is 6.87. The summed E-state index contributed by atoms with van der Waals surface area (Å²) in [5.74, 6) is 0.543.